The molecule has 25 heavy (non-hydrogen) atoms. The number of piperidine rings is 1. The van der Waals surface area contributed by atoms with Crippen LogP contribution in [0.2, 0.25) is 0 Å². The van der Waals surface area contributed by atoms with Crippen LogP contribution in [0.15, 0.2) is 40.9 Å². The van der Waals surface area contributed by atoms with Crippen LogP contribution < -0.4 is 0 Å². The Morgan fingerprint density at radius 2 is 2.20 bits per heavy atom. The van der Waals surface area contributed by atoms with Crippen LogP contribution in [0, 0.1) is 0 Å². The Morgan fingerprint density at radius 3 is 2.92 bits per heavy atom. The Balaban J connectivity index is 1.62. The quantitative estimate of drug-likeness (QED) is 0.871. The third kappa shape index (κ3) is 4.67. The second kappa shape index (κ2) is 8.27. The predicted molar refractivity (Wildman–Crippen MR) is 93.9 cm³/mol. The molecule has 1 saturated heterocycles. The molecular weight excluding hydrogens is 318 g/mol. The molecular formula is C19H25N3O3. The van der Waals surface area contributed by atoms with Crippen molar-refractivity contribution in [2.24, 2.45) is 0 Å². The third-order valence-corrected chi connectivity index (χ3v) is 4.52. The zero-order valence-corrected chi connectivity index (χ0v) is 14.6. The summed E-state index contributed by atoms with van der Waals surface area (Å²) in [7, 11) is 0. The van der Waals surface area contributed by atoms with Crippen LogP contribution in [0.5, 0.6) is 0 Å². The van der Waals surface area contributed by atoms with Crippen molar-refractivity contribution in [2.45, 2.75) is 39.0 Å². The zero-order chi connectivity index (χ0) is 17.6. The van der Waals surface area contributed by atoms with E-state index in [1.807, 2.05) is 37.3 Å². The molecule has 1 atom stereocenters. The fourth-order valence-electron chi connectivity index (χ4n) is 3.18. The van der Waals surface area contributed by atoms with Gasteiger partial charge in [-0.15, -0.1) is 0 Å². The molecule has 1 N–H and O–H groups in total. The molecule has 1 aromatic carbocycles. The summed E-state index contributed by atoms with van der Waals surface area (Å²) in [5, 5.41) is 13.7. The highest BCUT2D eigenvalue weighted by atomic mass is 16.5. The van der Waals surface area contributed by atoms with Crippen molar-refractivity contribution < 1.29 is 14.4 Å². The fraction of sp³-hybridized carbons (Fsp3) is 0.474. The van der Waals surface area contributed by atoms with Crippen LogP contribution in [0.3, 0.4) is 0 Å². The molecule has 0 aliphatic carbocycles. The van der Waals surface area contributed by atoms with Crippen molar-refractivity contribution in [3.63, 3.8) is 0 Å². The molecule has 2 aromatic rings. The van der Waals surface area contributed by atoms with E-state index in [-0.39, 0.29) is 12.0 Å². The van der Waals surface area contributed by atoms with Crippen LogP contribution in [0.4, 0.5) is 0 Å². The van der Waals surface area contributed by atoms with Gasteiger partial charge in [-0.1, -0.05) is 35.5 Å². The number of aromatic nitrogens is 1. The highest BCUT2D eigenvalue weighted by molar-refractivity contribution is 5.92. The lowest BCUT2D eigenvalue weighted by Gasteiger charge is -2.28. The van der Waals surface area contributed by atoms with Gasteiger partial charge in [0.05, 0.1) is 12.6 Å². The number of aliphatic hydroxyl groups excluding tert-OH is 1. The number of carbonyl (C=O) groups excluding carboxylic acids is 1. The summed E-state index contributed by atoms with van der Waals surface area (Å²) < 4.78 is 5.35. The second-order valence-electron chi connectivity index (χ2n) is 6.51. The minimum atomic E-state index is -0.278. The maximum Gasteiger partial charge on any atom is 0.276 e. The van der Waals surface area contributed by atoms with Crippen LogP contribution in [-0.4, -0.2) is 51.7 Å². The van der Waals surface area contributed by atoms with Gasteiger partial charge in [0.2, 0.25) is 0 Å². The SMILES string of the molecule is CCN(Cc1ccccc1)C(=O)c1cc(CN2CCC[C@H](O)C2)on1. The molecule has 134 valence electrons. The number of likely N-dealkylation sites (tertiary alicyclic amines) is 1. The number of nitrogens with zero attached hydrogens (tertiary/aromatic N) is 3. The number of benzene rings is 1. The topological polar surface area (TPSA) is 69.8 Å². The van der Waals surface area contributed by atoms with Crippen molar-refractivity contribution in [3.8, 4) is 0 Å². The lowest BCUT2D eigenvalue weighted by molar-refractivity contribution is 0.0622. The first kappa shape index (κ1) is 17.6. The molecule has 0 radical (unpaired) electrons. The van der Waals surface area contributed by atoms with Gasteiger partial charge in [0.25, 0.3) is 5.91 Å². The monoisotopic (exact) mass is 343 g/mol. The average molecular weight is 343 g/mol. The van der Waals surface area contributed by atoms with Crippen molar-refractivity contribution in [3.05, 3.63) is 53.4 Å². The molecule has 1 aliphatic heterocycles. The Kier molecular flexibility index (Phi) is 5.83. The number of hydrogen-bond acceptors (Lipinski definition) is 5. The van der Waals surface area contributed by atoms with Gasteiger partial charge < -0.3 is 14.5 Å². The maximum absolute atomic E-state index is 12.7. The molecule has 1 fully saturated rings. The molecule has 0 saturated carbocycles. The summed E-state index contributed by atoms with van der Waals surface area (Å²) in [5.41, 5.74) is 1.43. The molecule has 3 rings (SSSR count). The molecule has 1 aromatic heterocycles. The van der Waals surface area contributed by atoms with Crippen molar-refractivity contribution in [1.29, 1.82) is 0 Å². The Hall–Kier alpha value is -2.18. The van der Waals surface area contributed by atoms with Gasteiger partial charge in [-0.05, 0) is 31.9 Å². The summed E-state index contributed by atoms with van der Waals surface area (Å²) in [6, 6.07) is 11.6. The Morgan fingerprint density at radius 1 is 1.40 bits per heavy atom. The summed E-state index contributed by atoms with van der Waals surface area (Å²) in [6.07, 6.45) is 1.54. The molecule has 2 heterocycles. The highest BCUT2D eigenvalue weighted by Crippen LogP contribution is 2.16. The van der Waals surface area contributed by atoms with Crippen molar-refractivity contribution in [1.82, 2.24) is 15.0 Å². The van der Waals surface area contributed by atoms with Crippen molar-refractivity contribution in [2.75, 3.05) is 19.6 Å². The van der Waals surface area contributed by atoms with E-state index >= 15 is 0 Å². The first-order chi connectivity index (χ1) is 12.2. The zero-order valence-electron chi connectivity index (χ0n) is 14.6. The van der Waals surface area contributed by atoms with E-state index < -0.39 is 0 Å². The molecule has 0 bridgehead atoms. The summed E-state index contributed by atoms with van der Waals surface area (Å²) in [4.78, 5) is 16.6. The van der Waals surface area contributed by atoms with E-state index in [1.165, 1.54) is 0 Å². The minimum Gasteiger partial charge on any atom is -0.392 e. The lowest BCUT2D eigenvalue weighted by Crippen LogP contribution is -2.37. The first-order valence-corrected chi connectivity index (χ1v) is 8.85. The summed E-state index contributed by atoms with van der Waals surface area (Å²) in [6.45, 7) is 5.25. The van der Waals surface area contributed by atoms with Crippen LogP contribution >= 0.6 is 0 Å². The number of carbonyl (C=O) groups is 1. The van der Waals surface area contributed by atoms with Gasteiger partial charge in [0.1, 0.15) is 0 Å². The number of rotatable bonds is 6. The number of amides is 1. The van der Waals surface area contributed by atoms with Crippen LogP contribution in [-0.2, 0) is 13.1 Å². The van der Waals surface area contributed by atoms with Gasteiger partial charge in [-0.3, -0.25) is 9.69 Å². The number of aliphatic hydroxyl groups is 1. The minimum absolute atomic E-state index is 0.125. The smallest absolute Gasteiger partial charge is 0.276 e. The molecule has 0 spiro atoms. The molecule has 1 amide bonds. The first-order valence-electron chi connectivity index (χ1n) is 8.85. The third-order valence-electron chi connectivity index (χ3n) is 4.52. The van der Waals surface area contributed by atoms with Gasteiger partial charge >= 0.3 is 0 Å². The number of β-amino-alcohol motifs (C(OH)–C–C–N with tert-alkyl or cyclic N) is 1. The molecule has 6 heteroatoms. The second-order valence-corrected chi connectivity index (χ2v) is 6.51. The van der Waals surface area contributed by atoms with E-state index in [2.05, 4.69) is 10.1 Å². The van der Waals surface area contributed by atoms with Crippen LogP contribution in [0.1, 0.15) is 41.6 Å². The van der Waals surface area contributed by atoms with E-state index in [1.54, 1.807) is 11.0 Å². The van der Waals surface area contributed by atoms with E-state index in [0.717, 1.165) is 24.9 Å². The standard InChI is InChI=1S/C19H25N3O3/c1-2-22(12-15-7-4-3-5-8-15)19(24)18-11-17(25-20-18)14-21-10-6-9-16(23)13-21/h3-5,7-8,11,16,23H,2,6,9-10,12-14H2,1H3/t16-/m0/s1. The lowest BCUT2D eigenvalue weighted by atomic mass is 10.1. The summed E-state index contributed by atoms with van der Waals surface area (Å²) >= 11 is 0. The Labute approximate surface area is 148 Å². The van der Waals surface area contributed by atoms with Gasteiger partial charge in [-0.25, -0.2) is 0 Å². The fourth-order valence-corrected chi connectivity index (χ4v) is 3.18. The predicted octanol–water partition coefficient (Wildman–Crippen LogP) is 2.29. The van der Waals surface area contributed by atoms with Crippen LogP contribution in [0.25, 0.3) is 0 Å². The highest BCUT2D eigenvalue weighted by Gasteiger charge is 2.22. The number of hydrogen-bond donors (Lipinski definition) is 1. The molecule has 1 aliphatic rings. The van der Waals surface area contributed by atoms with Crippen molar-refractivity contribution >= 4 is 5.91 Å². The van der Waals surface area contributed by atoms with Gasteiger partial charge in [0, 0.05) is 25.7 Å². The van der Waals surface area contributed by atoms with Gasteiger partial charge in [-0.2, -0.15) is 0 Å². The van der Waals surface area contributed by atoms with E-state index in [9.17, 15) is 9.90 Å². The molecule has 6 nitrogen and oxygen atoms in total. The summed E-state index contributed by atoms with van der Waals surface area (Å²) in [5.74, 6) is 0.535. The maximum atomic E-state index is 12.7. The van der Waals surface area contributed by atoms with E-state index in [4.69, 9.17) is 4.52 Å². The molecule has 0 unspecified atom stereocenters. The largest absolute Gasteiger partial charge is 0.392 e. The normalized spacial score (nSPS) is 18.2. The Bertz CT molecular complexity index is 686. The van der Waals surface area contributed by atoms with E-state index in [0.29, 0.717) is 37.6 Å². The average Bonchev–Trinajstić information content (AvgIpc) is 3.08. The van der Waals surface area contributed by atoms with Gasteiger partial charge in [0.15, 0.2) is 11.5 Å².